The van der Waals surface area contributed by atoms with Crippen molar-refractivity contribution in [3.63, 3.8) is 0 Å². The molecular formula is C25H24N2O3. The Morgan fingerprint density at radius 1 is 1.03 bits per heavy atom. The third-order valence-corrected chi connectivity index (χ3v) is 5.93. The van der Waals surface area contributed by atoms with Crippen molar-refractivity contribution in [3.05, 3.63) is 71.8 Å². The Morgan fingerprint density at radius 2 is 1.80 bits per heavy atom. The molecular weight excluding hydrogens is 376 g/mol. The summed E-state index contributed by atoms with van der Waals surface area (Å²) in [6, 6.07) is 20.1. The van der Waals surface area contributed by atoms with Gasteiger partial charge in [0, 0.05) is 12.6 Å². The monoisotopic (exact) mass is 400 g/mol. The number of benzene rings is 3. The highest BCUT2D eigenvalue weighted by Crippen LogP contribution is 2.54. The lowest BCUT2D eigenvalue weighted by Crippen LogP contribution is -2.53. The van der Waals surface area contributed by atoms with Gasteiger partial charge < -0.3 is 19.7 Å². The molecule has 0 fully saturated rings. The second-order valence-corrected chi connectivity index (χ2v) is 8.28. The van der Waals surface area contributed by atoms with Crippen LogP contribution in [0.3, 0.4) is 0 Å². The van der Waals surface area contributed by atoms with Crippen LogP contribution in [0, 0.1) is 0 Å². The summed E-state index contributed by atoms with van der Waals surface area (Å²) in [7, 11) is 3.50. The van der Waals surface area contributed by atoms with Gasteiger partial charge in [-0.3, -0.25) is 4.79 Å². The van der Waals surface area contributed by atoms with Crippen LogP contribution in [0.1, 0.15) is 31.1 Å². The summed E-state index contributed by atoms with van der Waals surface area (Å²) < 4.78 is 12.2. The molecule has 2 aliphatic heterocycles. The van der Waals surface area contributed by atoms with E-state index in [1.807, 2.05) is 63.4 Å². The number of carbonyl (C=O) groups is 1. The highest BCUT2D eigenvalue weighted by atomic mass is 16.5. The van der Waals surface area contributed by atoms with Crippen molar-refractivity contribution in [2.24, 2.45) is 0 Å². The van der Waals surface area contributed by atoms with Gasteiger partial charge in [-0.25, -0.2) is 0 Å². The number of rotatable bonds is 2. The van der Waals surface area contributed by atoms with Gasteiger partial charge in [-0.2, -0.15) is 0 Å². The van der Waals surface area contributed by atoms with E-state index in [0.29, 0.717) is 0 Å². The highest BCUT2D eigenvalue weighted by molar-refractivity contribution is 6.09. The van der Waals surface area contributed by atoms with Crippen LogP contribution < -0.4 is 19.7 Å². The zero-order chi connectivity index (χ0) is 21.0. The molecule has 5 nitrogen and oxygen atoms in total. The second-order valence-electron chi connectivity index (χ2n) is 8.28. The van der Waals surface area contributed by atoms with Gasteiger partial charge >= 0.3 is 0 Å². The molecule has 3 aromatic carbocycles. The van der Waals surface area contributed by atoms with Gasteiger partial charge in [0.25, 0.3) is 5.91 Å². The first kappa shape index (κ1) is 18.6. The molecule has 3 aromatic rings. The standard InChI is InChI=1S/C25H24N2O3/c1-25(2)24(28)27(3)22-17(26-25)14-13-16-20-18(29-4)11-8-12-19(20)30-23(21(16)22)15-9-6-5-7-10-15/h5-14,23,26H,1-4H3. The van der Waals surface area contributed by atoms with Gasteiger partial charge in [0.05, 0.1) is 24.0 Å². The third-order valence-electron chi connectivity index (χ3n) is 5.93. The molecule has 0 aliphatic carbocycles. The number of hydrogen-bond donors (Lipinski definition) is 1. The number of anilines is 2. The van der Waals surface area contributed by atoms with E-state index in [4.69, 9.17) is 9.47 Å². The Labute approximate surface area is 176 Å². The van der Waals surface area contributed by atoms with Gasteiger partial charge in [-0.15, -0.1) is 0 Å². The summed E-state index contributed by atoms with van der Waals surface area (Å²) in [5, 5.41) is 3.41. The van der Waals surface area contributed by atoms with Gasteiger partial charge in [-0.05, 0) is 43.2 Å². The van der Waals surface area contributed by atoms with Crippen molar-refractivity contribution in [2.75, 3.05) is 24.4 Å². The Bertz CT molecular complexity index is 1150. The number of amides is 1. The SMILES string of the molecule is COc1cccc2c1-c1ccc3c(c1C(c1ccccc1)O2)N(C)C(=O)C(C)(C)N3. The molecule has 5 rings (SSSR count). The van der Waals surface area contributed by atoms with Crippen LogP contribution in [-0.2, 0) is 4.79 Å². The van der Waals surface area contributed by atoms with Crippen molar-refractivity contribution < 1.29 is 14.3 Å². The first-order chi connectivity index (χ1) is 14.4. The molecule has 1 amide bonds. The van der Waals surface area contributed by atoms with Gasteiger partial charge in [0.15, 0.2) is 6.10 Å². The number of carbonyl (C=O) groups excluding carboxylic acids is 1. The topological polar surface area (TPSA) is 50.8 Å². The summed E-state index contributed by atoms with van der Waals surface area (Å²) in [6.07, 6.45) is -0.339. The maximum Gasteiger partial charge on any atom is 0.251 e. The van der Waals surface area contributed by atoms with Crippen LogP contribution in [0.2, 0.25) is 0 Å². The van der Waals surface area contributed by atoms with Crippen molar-refractivity contribution in [1.82, 2.24) is 0 Å². The number of ether oxygens (including phenoxy) is 2. The average molecular weight is 400 g/mol. The van der Waals surface area contributed by atoms with E-state index in [9.17, 15) is 4.79 Å². The molecule has 1 unspecified atom stereocenters. The molecule has 2 heterocycles. The number of fused-ring (bicyclic) bond motifs is 5. The first-order valence-electron chi connectivity index (χ1n) is 10.0. The fraction of sp³-hybridized carbons (Fsp3) is 0.240. The molecule has 0 aromatic heterocycles. The van der Waals surface area contributed by atoms with Crippen LogP contribution in [0.15, 0.2) is 60.7 Å². The van der Waals surface area contributed by atoms with Crippen molar-refractivity contribution in [1.29, 1.82) is 0 Å². The molecule has 0 saturated carbocycles. The maximum absolute atomic E-state index is 13.1. The number of nitrogens with one attached hydrogen (secondary N) is 1. The summed E-state index contributed by atoms with van der Waals surface area (Å²) >= 11 is 0. The Morgan fingerprint density at radius 3 is 2.53 bits per heavy atom. The Kier molecular flexibility index (Phi) is 4.03. The van der Waals surface area contributed by atoms with Crippen molar-refractivity contribution in [3.8, 4) is 22.6 Å². The summed E-state index contributed by atoms with van der Waals surface area (Å²) in [5.74, 6) is 1.54. The summed E-state index contributed by atoms with van der Waals surface area (Å²) in [4.78, 5) is 14.9. The molecule has 30 heavy (non-hydrogen) atoms. The van der Waals surface area contributed by atoms with Crippen LogP contribution in [0.5, 0.6) is 11.5 Å². The fourth-order valence-electron chi connectivity index (χ4n) is 4.56. The number of nitrogens with zero attached hydrogens (tertiary/aromatic N) is 1. The minimum Gasteiger partial charge on any atom is -0.496 e. The molecule has 2 aliphatic rings. The minimum atomic E-state index is -0.677. The number of methoxy groups -OCH3 is 1. The minimum absolute atomic E-state index is 0.0148. The molecule has 5 heteroatoms. The van der Waals surface area contributed by atoms with E-state index < -0.39 is 5.54 Å². The summed E-state index contributed by atoms with van der Waals surface area (Å²) in [5.41, 5.74) is 5.02. The molecule has 0 saturated heterocycles. The lowest BCUT2D eigenvalue weighted by Gasteiger charge is -2.42. The molecule has 152 valence electrons. The van der Waals surface area contributed by atoms with E-state index in [-0.39, 0.29) is 12.0 Å². The molecule has 0 radical (unpaired) electrons. The quantitative estimate of drug-likeness (QED) is 0.657. The molecule has 1 atom stereocenters. The van der Waals surface area contributed by atoms with Gasteiger partial charge in [0.1, 0.15) is 17.0 Å². The van der Waals surface area contributed by atoms with E-state index in [2.05, 4.69) is 23.5 Å². The van der Waals surface area contributed by atoms with E-state index >= 15 is 0 Å². The second kappa shape index (κ2) is 6.52. The van der Waals surface area contributed by atoms with E-state index in [1.54, 1.807) is 12.0 Å². The lowest BCUT2D eigenvalue weighted by atomic mass is 9.85. The normalized spacial score (nSPS) is 18.5. The van der Waals surface area contributed by atoms with Crippen LogP contribution in [0.4, 0.5) is 11.4 Å². The molecule has 0 bridgehead atoms. The zero-order valence-corrected chi connectivity index (χ0v) is 17.5. The number of likely N-dealkylation sites (N-methyl/N-ethyl adjacent to an activating group) is 1. The van der Waals surface area contributed by atoms with Crippen LogP contribution in [0.25, 0.3) is 11.1 Å². The van der Waals surface area contributed by atoms with Gasteiger partial charge in [-0.1, -0.05) is 42.5 Å². The molecule has 0 spiro atoms. The van der Waals surface area contributed by atoms with Crippen molar-refractivity contribution >= 4 is 17.3 Å². The first-order valence-corrected chi connectivity index (χ1v) is 10.0. The predicted octanol–water partition coefficient (Wildman–Crippen LogP) is 5.01. The van der Waals surface area contributed by atoms with Crippen LogP contribution in [-0.4, -0.2) is 25.6 Å². The maximum atomic E-state index is 13.1. The van der Waals surface area contributed by atoms with E-state index in [0.717, 1.165) is 45.1 Å². The largest absolute Gasteiger partial charge is 0.496 e. The zero-order valence-electron chi connectivity index (χ0n) is 17.5. The Hall–Kier alpha value is -3.47. The molecule has 1 N–H and O–H groups in total. The highest BCUT2D eigenvalue weighted by Gasteiger charge is 2.42. The van der Waals surface area contributed by atoms with Crippen molar-refractivity contribution in [2.45, 2.75) is 25.5 Å². The lowest BCUT2D eigenvalue weighted by molar-refractivity contribution is -0.121. The van der Waals surface area contributed by atoms with E-state index in [1.165, 1.54) is 0 Å². The Balaban J connectivity index is 1.83. The summed E-state index contributed by atoms with van der Waals surface area (Å²) in [6.45, 7) is 3.80. The smallest absolute Gasteiger partial charge is 0.251 e. The fourth-order valence-corrected chi connectivity index (χ4v) is 4.56. The van der Waals surface area contributed by atoms with Crippen LogP contribution >= 0.6 is 0 Å². The predicted molar refractivity (Wildman–Crippen MR) is 118 cm³/mol. The third kappa shape index (κ3) is 2.58. The number of hydrogen-bond acceptors (Lipinski definition) is 4. The average Bonchev–Trinajstić information content (AvgIpc) is 2.76. The van der Waals surface area contributed by atoms with Gasteiger partial charge in [0.2, 0.25) is 0 Å².